The lowest BCUT2D eigenvalue weighted by molar-refractivity contribution is 0.377. The Labute approximate surface area is 78.2 Å². The zero-order valence-corrected chi connectivity index (χ0v) is 7.69. The first-order valence-corrected chi connectivity index (χ1v) is 4.49. The maximum absolute atomic E-state index is 12.8. The Hall–Kier alpha value is -1.29. The van der Waals surface area contributed by atoms with E-state index in [9.17, 15) is 9.50 Å². The van der Waals surface area contributed by atoms with Crippen LogP contribution in [-0.4, -0.2) is 12.2 Å². The molecule has 4 heteroatoms. The van der Waals surface area contributed by atoms with Crippen molar-refractivity contribution >= 4 is 21.4 Å². The Morgan fingerprint density at radius 3 is 2.92 bits per heavy atom. The Kier molecular flexibility index (Phi) is 1.84. The van der Waals surface area contributed by atoms with Crippen LogP contribution in [0.25, 0.3) is 10.1 Å². The van der Waals surface area contributed by atoms with E-state index < -0.39 is 0 Å². The van der Waals surface area contributed by atoms with Gasteiger partial charge in [-0.05, 0) is 23.6 Å². The molecule has 2 rings (SSSR count). The second-order valence-electron chi connectivity index (χ2n) is 2.59. The first-order chi connectivity index (χ1) is 6.22. The maximum Gasteiger partial charge on any atom is 0.177 e. The van der Waals surface area contributed by atoms with Gasteiger partial charge in [0.05, 0.1) is 11.8 Å². The van der Waals surface area contributed by atoms with E-state index in [1.165, 1.54) is 13.2 Å². The van der Waals surface area contributed by atoms with Gasteiger partial charge in [0.1, 0.15) is 0 Å². The van der Waals surface area contributed by atoms with Crippen LogP contribution in [0, 0.1) is 5.13 Å². The molecule has 0 fully saturated rings. The van der Waals surface area contributed by atoms with Crippen LogP contribution in [0.15, 0.2) is 18.2 Å². The molecule has 0 unspecified atom stereocenters. The van der Waals surface area contributed by atoms with Crippen molar-refractivity contribution < 1.29 is 14.2 Å². The monoisotopic (exact) mass is 198 g/mol. The topological polar surface area (TPSA) is 29.5 Å². The minimum Gasteiger partial charge on any atom is -0.503 e. The van der Waals surface area contributed by atoms with E-state index in [4.69, 9.17) is 4.74 Å². The van der Waals surface area contributed by atoms with E-state index in [0.29, 0.717) is 15.8 Å². The maximum atomic E-state index is 12.8. The first-order valence-electron chi connectivity index (χ1n) is 3.67. The molecule has 0 aliphatic heterocycles. The quantitative estimate of drug-likeness (QED) is 0.763. The highest BCUT2D eigenvalue weighted by Crippen LogP contribution is 2.38. The van der Waals surface area contributed by atoms with Crippen molar-refractivity contribution in [1.82, 2.24) is 0 Å². The molecule has 2 nitrogen and oxygen atoms in total. The van der Waals surface area contributed by atoms with Crippen molar-refractivity contribution in [2.75, 3.05) is 7.11 Å². The highest BCUT2D eigenvalue weighted by molar-refractivity contribution is 7.17. The Morgan fingerprint density at radius 1 is 1.46 bits per heavy atom. The third-order valence-corrected chi connectivity index (χ3v) is 2.76. The number of hydrogen-bond donors (Lipinski definition) is 1. The second kappa shape index (κ2) is 2.88. The number of aromatic hydroxyl groups is 1. The highest BCUT2D eigenvalue weighted by atomic mass is 32.1. The van der Waals surface area contributed by atoms with Crippen molar-refractivity contribution in [2.24, 2.45) is 0 Å². The van der Waals surface area contributed by atoms with Crippen molar-refractivity contribution in [2.45, 2.75) is 0 Å². The van der Waals surface area contributed by atoms with Crippen molar-refractivity contribution in [3.63, 3.8) is 0 Å². The minimum atomic E-state index is -0.307. The first kappa shape index (κ1) is 8.31. The molecule has 0 aliphatic rings. The Morgan fingerprint density at radius 2 is 2.23 bits per heavy atom. The molecule has 1 aromatic heterocycles. The number of halogens is 1. The fourth-order valence-corrected chi connectivity index (χ4v) is 2.03. The standard InChI is InChI=1S/C9H7FO2S/c1-12-6-3-2-5-4-7(10)13-9(5)8(6)11/h2-4,11H,1H3. The fraction of sp³-hybridized carbons (Fsp3) is 0.111. The molecule has 0 aliphatic carbocycles. The molecular formula is C9H7FO2S. The molecule has 0 atom stereocenters. The smallest absolute Gasteiger partial charge is 0.177 e. The molecule has 2 aromatic rings. The molecule has 0 bridgehead atoms. The lowest BCUT2D eigenvalue weighted by Gasteiger charge is -2.02. The molecule has 13 heavy (non-hydrogen) atoms. The fourth-order valence-electron chi connectivity index (χ4n) is 1.20. The molecule has 1 heterocycles. The van der Waals surface area contributed by atoms with Crippen molar-refractivity contribution in [1.29, 1.82) is 0 Å². The number of fused-ring (bicyclic) bond motifs is 1. The summed E-state index contributed by atoms with van der Waals surface area (Å²) in [7, 11) is 1.46. The van der Waals surface area contributed by atoms with Gasteiger partial charge in [0.2, 0.25) is 0 Å². The number of methoxy groups -OCH3 is 1. The predicted molar refractivity (Wildman–Crippen MR) is 50.0 cm³/mol. The van der Waals surface area contributed by atoms with Crippen LogP contribution in [0.4, 0.5) is 4.39 Å². The number of phenols is 1. The van der Waals surface area contributed by atoms with Gasteiger partial charge in [0.25, 0.3) is 0 Å². The molecule has 0 saturated carbocycles. The zero-order valence-electron chi connectivity index (χ0n) is 6.87. The average molecular weight is 198 g/mol. The van der Waals surface area contributed by atoms with Crippen LogP contribution < -0.4 is 4.74 Å². The molecule has 0 spiro atoms. The van der Waals surface area contributed by atoms with E-state index in [1.54, 1.807) is 12.1 Å². The number of hydrogen-bond acceptors (Lipinski definition) is 3. The molecular weight excluding hydrogens is 191 g/mol. The largest absolute Gasteiger partial charge is 0.503 e. The highest BCUT2D eigenvalue weighted by Gasteiger charge is 2.09. The van der Waals surface area contributed by atoms with Crippen LogP contribution in [0.5, 0.6) is 11.5 Å². The summed E-state index contributed by atoms with van der Waals surface area (Å²) in [6.07, 6.45) is 0. The number of rotatable bonds is 1. The van der Waals surface area contributed by atoms with E-state index in [0.717, 1.165) is 11.3 Å². The summed E-state index contributed by atoms with van der Waals surface area (Å²) in [4.78, 5) is 0. The number of benzene rings is 1. The van der Waals surface area contributed by atoms with Crippen LogP contribution in [0.3, 0.4) is 0 Å². The van der Waals surface area contributed by atoms with E-state index >= 15 is 0 Å². The number of thiophene rings is 1. The minimum absolute atomic E-state index is 0.00824. The van der Waals surface area contributed by atoms with Gasteiger partial charge in [-0.3, -0.25) is 0 Å². The average Bonchev–Trinajstić information content (AvgIpc) is 2.47. The van der Waals surface area contributed by atoms with Crippen molar-refractivity contribution in [3.05, 3.63) is 23.3 Å². The molecule has 0 radical (unpaired) electrons. The molecule has 0 amide bonds. The lowest BCUT2D eigenvalue weighted by Crippen LogP contribution is -1.81. The Bertz CT molecular complexity index is 450. The molecule has 1 N–H and O–H groups in total. The van der Waals surface area contributed by atoms with E-state index in [1.807, 2.05) is 0 Å². The SMILES string of the molecule is COc1ccc2cc(F)sc2c1O. The van der Waals surface area contributed by atoms with E-state index in [-0.39, 0.29) is 10.9 Å². The van der Waals surface area contributed by atoms with Gasteiger partial charge in [0, 0.05) is 0 Å². The van der Waals surface area contributed by atoms with Gasteiger partial charge in [-0.2, -0.15) is 4.39 Å². The lowest BCUT2D eigenvalue weighted by atomic mass is 10.2. The van der Waals surface area contributed by atoms with Gasteiger partial charge in [0.15, 0.2) is 16.6 Å². The number of ether oxygens (including phenoxy) is 1. The molecule has 0 saturated heterocycles. The zero-order chi connectivity index (χ0) is 9.42. The summed E-state index contributed by atoms with van der Waals surface area (Å²) in [5, 5.41) is 9.97. The van der Waals surface area contributed by atoms with E-state index in [2.05, 4.69) is 0 Å². The summed E-state index contributed by atoms with van der Waals surface area (Å²) in [5.41, 5.74) is 0. The van der Waals surface area contributed by atoms with Crippen LogP contribution in [-0.2, 0) is 0 Å². The van der Waals surface area contributed by atoms with Gasteiger partial charge < -0.3 is 9.84 Å². The second-order valence-corrected chi connectivity index (χ2v) is 3.59. The van der Waals surface area contributed by atoms with Gasteiger partial charge in [-0.1, -0.05) is 0 Å². The molecule has 68 valence electrons. The normalized spacial score (nSPS) is 10.6. The third-order valence-electron chi connectivity index (χ3n) is 1.81. The predicted octanol–water partition coefficient (Wildman–Crippen LogP) is 2.75. The van der Waals surface area contributed by atoms with Crippen LogP contribution in [0.2, 0.25) is 0 Å². The van der Waals surface area contributed by atoms with Crippen LogP contribution >= 0.6 is 11.3 Å². The summed E-state index contributed by atoms with van der Waals surface area (Å²) in [6, 6.07) is 4.72. The summed E-state index contributed by atoms with van der Waals surface area (Å²) >= 11 is 0.912. The summed E-state index contributed by atoms with van der Waals surface area (Å²) in [6.45, 7) is 0. The summed E-state index contributed by atoms with van der Waals surface area (Å²) < 4.78 is 18.2. The van der Waals surface area contributed by atoms with Crippen LogP contribution in [0.1, 0.15) is 0 Å². The third kappa shape index (κ3) is 1.23. The van der Waals surface area contributed by atoms with Crippen molar-refractivity contribution in [3.8, 4) is 11.5 Å². The Balaban J connectivity index is 2.78. The van der Waals surface area contributed by atoms with Gasteiger partial charge in [-0.15, -0.1) is 11.3 Å². The van der Waals surface area contributed by atoms with Gasteiger partial charge >= 0.3 is 0 Å². The summed E-state index contributed by atoms with van der Waals surface area (Å²) in [5.74, 6) is 0.378. The number of phenolic OH excluding ortho intramolecular Hbond substituents is 1. The van der Waals surface area contributed by atoms with Gasteiger partial charge in [-0.25, -0.2) is 0 Å². The molecule has 1 aromatic carbocycles.